The summed E-state index contributed by atoms with van der Waals surface area (Å²) in [7, 11) is 0. The van der Waals surface area contributed by atoms with Gasteiger partial charge in [-0.3, -0.25) is 9.59 Å². The van der Waals surface area contributed by atoms with Crippen molar-refractivity contribution in [1.82, 2.24) is 9.88 Å². The largest absolute Gasteiger partial charge is 0.488 e. The normalized spacial score (nSPS) is 16.6. The van der Waals surface area contributed by atoms with Crippen LogP contribution in [-0.4, -0.2) is 53.1 Å². The highest BCUT2D eigenvalue weighted by atomic mass is 16.5. The molecule has 1 N–H and O–H groups in total. The Kier molecular flexibility index (Phi) is 5.37. The average molecular weight is 409 g/mol. The van der Waals surface area contributed by atoms with E-state index in [-0.39, 0.29) is 5.91 Å². The van der Waals surface area contributed by atoms with Crippen molar-refractivity contribution in [2.75, 3.05) is 31.1 Å². The maximum absolute atomic E-state index is 12.8. The number of nitrogens with zero attached hydrogens (tertiary/aromatic N) is 3. The molecular formula is C23H27N3O4. The fraction of sp³-hybridized carbons (Fsp3) is 0.435. The minimum Gasteiger partial charge on any atom is -0.488 e. The lowest BCUT2D eigenvalue weighted by Gasteiger charge is -2.31. The van der Waals surface area contributed by atoms with Gasteiger partial charge in [-0.15, -0.1) is 0 Å². The third kappa shape index (κ3) is 3.72. The Labute approximate surface area is 176 Å². The number of carbonyl (C=O) groups is 2. The van der Waals surface area contributed by atoms with Crippen LogP contribution in [0.15, 0.2) is 36.5 Å². The zero-order chi connectivity index (χ0) is 21.3. The van der Waals surface area contributed by atoms with Crippen molar-refractivity contribution in [3.63, 3.8) is 0 Å². The van der Waals surface area contributed by atoms with Crippen molar-refractivity contribution in [2.24, 2.45) is 0 Å². The van der Waals surface area contributed by atoms with Crippen LogP contribution in [0.1, 0.15) is 49.0 Å². The number of benzene rings is 1. The fourth-order valence-electron chi connectivity index (χ4n) is 3.93. The molecule has 1 fully saturated rings. The highest BCUT2D eigenvalue weighted by molar-refractivity contribution is 5.95. The monoisotopic (exact) mass is 409 g/mol. The van der Waals surface area contributed by atoms with E-state index in [1.807, 2.05) is 34.1 Å². The Balaban J connectivity index is 1.58. The lowest BCUT2D eigenvalue weighted by Crippen LogP contribution is -2.36. The molecule has 0 saturated carbocycles. The van der Waals surface area contributed by atoms with Crippen molar-refractivity contribution in [2.45, 2.75) is 38.5 Å². The molecule has 7 heteroatoms. The summed E-state index contributed by atoms with van der Waals surface area (Å²) in [6.45, 7) is 6.08. The van der Waals surface area contributed by atoms with Gasteiger partial charge < -0.3 is 19.6 Å². The summed E-state index contributed by atoms with van der Waals surface area (Å²) >= 11 is 0. The van der Waals surface area contributed by atoms with Gasteiger partial charge in [0.25, 0.3) is 5.91 Å². The van der Waals surface area contributed by atoms with Gasteiger partial charge in [0.2, 0.25) is 0 Å². The van der Waals surface area contributed by atoms with Crippen LogP contribution >= 0.6 is 0 Å². The summed E-state index contributed by atoms with van der Waals surface area (Å²) in [5.41, 5.74) is 1.24. The van der Waals surface area contributed by atoms with Gasteiger partial charge in [0.15, 0.2) is 11.6 Å². The molecule has 158 valence electrons. The second-order valence-electron chi connectivity index (χ2n) is 8.38. The number of rotatable bonds is 4. The Morgan fingerprint density at radius 3 is 2.43 bits per heavy atom. The van der Waals surface area contributed by atoms with Crippen LogP contribution < -0.4 is 9.64 Å². The van der Waals surface area contributed by atoms with Crippen molar-refractivity contribution in [1.29, 1.82) is 0 Å². The second-order valence-corrected chi connectivity index (χ2v) is 8.38. The summed E-state index contributed by atoms with van der Waals surface area (Å²) in [5.74, 6) is 0.409. The van der Waals surface area contributed by atoms with E-state index >= 15 is 0 Å². The average Bonchev–Trinajstić information content (AvgIpc) is 2.78. The number of hydrogen-bond donors (Lipinski definition) is 1. The number of anilines is 2. The van der Waals surface area contributed by atoms with Crippen molar-refractivity contribution in [3.05, 3.63) is 47.7 Å². The fourth-order valence-corrected chi connectivity index (χ4v) is 3.93. The van der Waals surface area contributed by atoms with Gasteiger partial charge in [0, 0.05) is 25.0 Å². The van der Waals surface area contributed by atoms with E-state index in [1.165, 1.54) is 6.42 Å². The van der Waals surface area contributed by atoms with Crippen LogP contribution in [0.25, 0.3) is 0 Å². The number of carbonyl (C=O) groups excluding carboxylic acids is 1. The smallest absolute Gasteiger partial charge is 0.313 e. The van der Waals surface area contributed by atoms with Gasteiger partial charge >= 0.3 is 5.97 Å². The molecule has 2 aliphatic heterocycles. The lowest BCUT2D eigenvalue weighted by molar-refractivity contribution is -0.142. The van der Waals surface area contributed by atoms with Crippen LogP contribution in [-0.2, 0) is 10.2 Å². The van der Waals surface area contributed by atoms with Gasteiger partial charge in [-0.25, -0.2) is 4.98 Å². The van der Waals surface area contributed by atoms with Crippen molar-refractivity contribution in [3.8, 4) is 5.75 Å². The van der Waals surface area contributed by atoms with Gasteiger partial charge in [0.05, 0.1) is 17.5 Å². The van der Waals surface area contributed by atoms with E-state index < -0.39 is 11.4 Å². The molecule has 1 saturated heterocycles. The summed E-state index contributed by atoms with van der Waals surface area (Å²) in [6.07, 6.45) is 4.89. The third-order valence-corrected chi connectivity index (χ3v) is 5.99. The van der Waals surface area contributed by atoms with Crippen LogP contribution in [0.2, 0.25) is 0 Å². The lowest BCUT2D eigenvalue weighted by atomic mass is 9.85. The molecule has 0 aliphatic carbocycles. The minimum atomic E-state index is -0.955. The first-order valence-electron chi connectivity index (χ1n) is 10.4. The van der Waals surface area contributed by atoms with E-state index in [4.69, 9.17) is 4.74 Å². The molecule has 4 rings (SSSR count). The topological polar surface area (TPSA) is 83.0 Å². The van der Waals surface area contributed by atoms with Crippen molar-refractivity contribution < 1.29 is 19.4 Å². The minimum absolute atomic E-state index is 0.00554. The number of likely N-dealkylation sites (tertiary alicyclic amines) is 1. The summed E-state index contributed by atoms with van der Waals surface area (Å²) in [5, 5.41) is 9.44. The summed E-state index contributed by atoms with van der Waals surface area (Å²) in [4.78, 5) is 32.8. The molecule has 0 spiro atoms. The van der Waals surface area contributed by atoms with Gasteiger partial charge in [-0.1, -0.05) is 12.1 Å². The molecule has 30 heavy (non-hydrogen) atoms. The molecule has 0 unspecified atom stereocenters. The number of piperidine rings is 1. The zero-order valence-electron chi connectivity index (χ0n) is 17.4. The summed E-state index contributed by atoms with van der Waals surface area (Å²) < 4.78 is 5.81. The first kappa shape index (κ1) is 20.2. The molecule has 7 nitrogen and oxygen atoms in total. The van der Waals surface area contributed by atoms with E-state index in [1.54, 1.807) is 26.1 Å². The number of aliphatic carboxylic acids is 1. The quantitative estimate of drug-likeness (QED) is 0.831. The van der Waals surface area contributed by atoms with E-state index in [0.29, 0.717) is 30.3 Å². The molecule has 0 atom stereocenters. The van der Waals surface area contributed by atoms with Crippen molar-refractivity contribution >= 4 is 23.4 Å². The number of hydrogen-bond acceptors (Lipinski definition) is 5. The predicted molar refractivity (Wildman–Crippen MR) is 114 cm³/mol. The van der Waals surface area contributed by atoms with Crippen LogP contribution in [0.4, 0.5) is 11.5 Å². The molecule has 0 bridgehead atoms. The summed E-state index contributed by atoms with van der Waals surface area (Å²) in [6, 6.07) is 9.28. The molecule has 0 radical (unpaired) electrons. The first-order valence-corrected chi connectivity index (χ1v) is 10.4. The van der Waals surface area contributed by atoms with Crippen LogP contribution in [0.5, 0.6) is 5.75 Å². The Bertz CT molecular complexity index is 949. The van der Waals surface area contributed by atoms with Gasteiger partial charge in [-0.05, 0) is 56.9 Å². The molecule has 3 heterocycles. The Morgan fingerprint density at radius 2 is 1.77 bits per heavy atom. The van der Waals surface area contributed by atoms with Gasteiger partial charge in [0.1, 0.15) is 6.61 Å². The van der Waals surface area contributed by atoms with E-state index in [9.17, 15) is 14.7 Å². The number of carboxylic acid groups (broad SMARTS) is 1. The zero-order valence-corrected chi connectivity index (χ0v) is 17.4. The maximum Gasteiger partial charge on any atom is 0.313 e. The molecule has 1 aromatic heterocycles. The predicted octanol–water partition coefficient (Wildman–Crippen LogP) is 3.60. The van der Waals surface area contributed by atoms with Gasteiger partial charge in [-0.2, -0.15) is 0 Å². The van der Waals surface area contributed by atoms with E-state index in [2.05, 4.69) is 4.98 Å². The molecule has 1 aromatic carbocycles. The second kappa shape index (κ2) is 7.97. The Hall–Kier alpha value is -3.09. The number of carboxylic acids is 1. The molecular weight excluding hydrogens is 382 g/mol. The molecule has 1 amide bonds. The number of aromatic nitrogens is 1. The third-order valence-electron chi connectivity index (χ3n) is 5.99. The Morgan fingerprint density at radius 1 is 1.07 bits per heavy atom. The molecule has 2 aliphatic rings. The standard InChI is InChI=1S/C23H27N3O4/c1-23(2,22(28)29)17-6-8-18(9-7-17)26-12-13-30-19-14-16(15-24-20(19)26)21(27)25-10-4-3-5-11-25/h6-9,14-15H,3-5,10-13H2,1-2H3,(H,28,29). The maximum atomic E-state index is 12.8. The number of amides is 1. The van der Waals surface area contributed by atoms with Crippen LogP contribution in [0, 0.1) is 0 Å². The number of fused-ring (bicyclic) bond motifs is 1. The SMILES string of the molecule is CC(C)(C(=O)O)c1ccc(N2CCOc3cc(C(=O)N4CCCCC4)cnc32)cc1. The highest BCUT2D eigenvalue weighted by Gasteiger charge is 2.30. The number of ether oxygens (including phenoxy) is 1. The van der Waals surface area contributed by atoms with Crippen LogP contribution in [0.3, 0.4) is 0 Å². The molecule has 2 aromatic rings. The van der Waals surface area contributed by atoms with E-state index in [0.717, 1.165) is 37.2 Å². The number of pyridine rings is 1. The highest BCUT2D eigenvalue weighted by Crippen LogP contribution is 2.36. The first-order chi connectivity index (χ1) is 14.4.